The van der Waals surface area contributed by atoms with E-state index in [2.05, 4.69) is 77.3 Å². The number of hydrogen-bond acceptors (Lipinski definition) is 5. The van der Waals surface area contributed by atoms with Gasteiger partial charge < -0.3 is 25.5 Å². The number of likely N-dealkylation sites (N-methyl/N-ethyl adjacent to an activating group) is 1. The lowest BCUT2D eigenvalue weighted by Crippen LogP contribution is -2.55. The van der Waals surface area contributed by atoms with Gasteiger partial charge in [-0.2, -0.15) is 0 Å². The summed E-state index contributed by atoms with van der Waals surface area (Å²) in [5.74, 6) is 0. The van der Waals surface area contributed by atoms with Crippen LogP contribution in [0.3, 0.4) is 0 Å². The SMILES string of the molecule is C=C(CCCN(CCN)C(C)(C)CC)N(CCC)CCNCC(O)C(C)[N+](C)(C)CC. The molecule has 0 aromatic rings. The molecule has 0 aromatic carbocycles. The highest BCUT2D eigenvalue weighted by molar-refractivity contribution is 4.94. The molecular formula is C25H56N5O+. The van der Waals surface area contributed by atoms with Gasteiger partial charge in [0.25, 0.3) is 0 Å². The lowest BCUT2D eigenvalue weighted by Gasteiger charge is -2.38. The first kappa shape index (κ1) is 30.3. The van der Waals surface area contributed by atoms with E-state index in [9.17, 15) is 5.11 Å². The molecule has 0 bridgehead atoms. The van der Waals surface area contributed by atoms with E-state index in [1.165, 1.54) is 5.70 Å². The fourth-order valence-electron chi connectivity index (χ4n) is 3.81. The van der Waals surface area contributed by atoms with Gasteiger partial charge in [0.15, 0.2) is 0 Å². The van der Waals surface area contributed by atoms with Crippen molar-refractivity contribution in [3.63, 3.8) is 0 Å². The first-order valence-corrected chi connectivity index (χ1v) is 12.6. The van der Waals surface area contributed by atoms with E-state index >= 15 is 0 Å². The van der Waals surface area contributed by atoms with Crippen molar-refractivity contribution in [2.24, 2.45) is 5.73 Å². The van der Waals surface area contributed by atoms with Crippen molar-refractivity contribution in [3.05, 3.63) is 12.3 Å². The molecule has 0 aromatic heterocycles. The van der Waals surface area contributed by atoms with Gasteiger partial charge in [0.1, 0.15) is 12.1 Å². The van der Waals surface area contributed by atoms with Crippen LogP contribution in [0.5, 0.6) is 0 Å². The fraction of sp³-hybridized carbons (Fsp3) is 0.920. The topological polar surface area (TPSA) is 64.8 Å². The van der Waals surface area contributed by atoms with Crippen LogP contribution in [0, 0.1) is 0 Å². The summed E-state index contributed by atoms with van der Waals surface area (Å²) in [6.45, 7) is 25.0. The summed E-state index contributed by atoms with van der Waals surface area (Å²) in [5.41, 5.74) is 7.26. The Labute approximate surface area is 194 Å². The second-order valence-electron chi connectivity index (χ2n) is 10.2. The monoisotopic (exact) mass is 442 g/mol. The summed E-state index contributed by atoms with van der Waals surface area (Å²) < 4.78 is 0.831. The van der Waals surface area contributed by atoms with Gasteiger partial charge >= 0.3 is 0 Å². The number of allylic oxidation sites excluding steroid dienone is 1. The molecule has 4 N–H and O–H groups in total. The third kappa shape index (κ3) is 11.2. The summed E-state index contributed by atoms with van der Waals surface area (Å²) in [4.78, 5) is 4.93. The Morgan fingerprint density at radius 2 is 1.77 bits per heavy atom. The minimum absolute atomic E-state index is 0.191. The zero-order valence-corrected chi connectivity index (χ0v) is 22.2. The highest BCUT2D eigenvalue weighted by Crippen LogP contribution is 2.20. The molecule has 0 rings (SSSR count). The molecule has 0 saturated carbocycles. The van der Waals surface area contributed by atoms with E-state index in [0.29, 0.717) is 13.1 Å². The maximum Gasteiger partial charge on any atom is 0.118 e. The van der Waals surface area contributed by atoms with Crippen molar-refractivity contribution in [1.82, 2.24) is 15.1 Å². The number of nitrogens with two attached hydrogens (primary N) is 1. The molecule has 2 unspecified atom stereocenters. The summed E-state index contributed by atoms with van der Waals surface area (Å²) >= 11 is 0. The first-order valence-electron chi connectivity index (χ1n) is 12.6. The van der Waals surface area contributed by atoms with E-state index < -0.39 is 0 Å². The molecule has 0 aliphatic heterocycles. The second kappa shape index (κ2) is 15.2. The molecule has 0 aliphatic rings. The third-order valence-electron chi connectivity index (χ3n) is 7.34. The molecule has 0 fully saturated rings. The Morgan fingerprint density at radius 3 is 2.29 bits per heavy atom. The van der Waals surface area contributed by atoms with Crippen LogP contribution >= 0.6 is 0 Å². The number of aliphatic hydroxyl groups is 1. The minimum Gasteiger partial charge on any atom is -0.386 e. The van der Waals surface area contributed by atoms with Crippen molar-refractivity contribution >= 4 is 0 Å². The largest absolute Gasteiger partial charge is 0.386 e. The zero-order chi connectivity index (χ0) is 24.1. The Morgan fingerprint density at radius 1 is 1.13 bits per heavy atom. The lowest BCUT2D eigenvalue weighted by atomic mass is 9.98. The summed E-state index contributed by atoms with van der Waals surface area (Å²) in [5, 5.41) is 14.0. The summed E-state index contributed by atoms with van der Waals surface area (Å²) in [6, 6.07) is 0.211. The standard InChI is InChI=1S/C25H56N5O/c1-10-17-28(20-16-27-21-24(31)23(5)30(8,9)12-3)22(4)14-13-18-29(19-15-26)25(6,7)11-2/h23-24,27,31H,4,10-21,26H2,1-3,5-9H3/q+1. The van der Waals surface area contributed by atoms with E-state index in [-0.39, 0.29) is 17.7 Å². The van der Waals surface area contributed by atoms with Gasteiger partial charge in [-0.25, -0.2) is 0 Å². The van der Waals surface area contributed by atoms with Crippen molar-refractivity contribution in [1.29, 1.82) is 0 Å². The van der Waals surface area contributed by atoms with Gasteiger partial charge in [0.05, 0.1) is 20.6 Å². The highest BCUT2D eigenvalue weighted by Gasteiger charge is 2.28. The maximum atomic E-state index is 10.5. The predicted molar refractivity (Wildman–Crippen MR) is 136 cm³/mol. The molecule has 0 spiro atoms. The molecule has 0 aliphatic carbocycles. The van der Waals surface area contributed by atoms with Crippen molar-refractivity contribution in [3.8, 4) is 0 Å². The van der Waals surface area contributed by atoms with Crippen LogP contribution in [0.2, 0.25) is 0 Å². The molecule has 31 heavy (non-hydrogen) atoms. The van der Waals surface area contributed by atoms with Gasteiger partial charge in [-0.3, -0.25) is 4.90 Å². The number of nitrogens with zero attached hydrogens (tertiary/aromatic N) is 3. The molecule has 0 radical (unpaired) electrons. The quantitative estimate of drug-likeness (QED) is 0.212. The second-order valence-corrected chi connectivity index (χ2v) is 10.2. The highest BCUT2D eigenvalue weighted by atomic mass is 16.3. The number of rotatable bonds is 19. The summed E-state index contributed by atoms with van der Waals surface area (Å²) in [6.07, 6.45) is 4.02. The summed E-state index contributed by atoms with van der Waals surface area (Å²) in [7, 11) is 4.36. The fourth-order valence-corrected chi connectivity index (χ4v) is 3.81. The van der Waals surface area contributed by atoms with E-state index in [0.717, 1.165) is 69.4 Å². The van der Waals surface area contributed by atoms with Gasteiger partial charge in [0.2, 0.25) is 0 Å². The third-order valence-corrected chi connectivity index (χ3v) is 7.34. The van der Waals surface area contributed by atoms with E-state index in [1.807, 2.05) is 0 Å². The Kier molecular flexibility index (Phi) is 14.9. The van der Waals surface area contributed by atoms with Gasteiger partial charge in [-0.05, 0) is 59.9 Å². The van der Waals surface area contributed by atoms with Crippen LogP contribution < -0.4 is 11.1 Å². The minimum atomic E-state index is -0.340. The molecule has 6 heteroatoms. The average molecular weight is 443 g/mol. The van der Waals surface area contributed by atoms with Crippen LogP contribution in [0.25, 0.3) is 0 Å². The normalized spacial score (nSPS) is 14.7. The van der Waals surface area contributed by atoms with Gasteiger partial charge in [-0.1, -0.05) is 20.4 Å². The number of hydrogen-bond donors (Lipinski definition) is 3. The van der Waals surface area contributed by atoms with Gasteiger partial charge in [-0.15, -0.1) is 0 Å². The predicted octanol–water partition coefficient (Wildman–Crippen LogP) is 2.88. The van der Waals surface area contributed by atoms with Crippen molar-refractivity contribution in [2.45, 2.75) is 84.9 Å². The average Bonchev–Trinajstić information content (AvgIpc) is 2.74. The molecule has 0 heterocycles. The molecule has 0 amide bonds. The van der Waals surface area contributed by atoms with Crippen molar-refractivity contribution < 1.29 is 9.59 Å². The van der Waals surface area contributed by atoms with Crippen LogP contribution in [-0.4, -0.2) is 104 Å². The van der Waals surface area contributed by atoms with E-state index in [4.69, 9.17) is 5.73 Å². The number of aliphatic hydroxyl groups excluding tert-OH is 1. The number of quaternary nitrogens is 1. The van der Waals surface area contributed by atoms with Crippen molar-refractivity contribution in [2.75, 3.05) is 66.5 Å². The maximum absolute atomic E-state index is 10.5. The molecule has 186 valence electrons. The van der Waals surface area contributed by atoms with Gasteiger partial charge in [0, 0.05) is 50.5 Å². The van der Waals surface area contributed by atoms with Crippen LogP contribution in [0.15, 0.2) is 12.3 Å². The zero-order valence-electron chi connectivity index (χ0n) is 22.2. The first-order chi connectivity index (χ1) is 14.5. The van der Waals surface area contributed by atoms with E-state index in [1.54, 1.807) is 0 Å². The van der Waals surface area contributed by atoms with Crippen LogP contribution in [-0.2, 0) is 0 Å². The van der Waals surface area contributed by atoms with Crippen LogP contribution in [0.1, 0.15) is 67.2 Å². The lowest BCUT2D eigenvalue weighted by molar-refractivity contribution is -0.914. The smallest absolute Gasteiger partial charge is 0.118 e. The van der Waals surface area contributed by atoms with Crippen LogP contribution in [0.4, 0.5) is 0 Å². The molecule has 2 atom stereocenters. The molecular weight excluding hydrogens is 386 g/mol. The number of nitrogens with one attached hydrogen (secondary N) is 1. The Hall–Kier alpha value is -0.660. The molecule has 6 nitrogen and oxygen atoms in total. The molecule has 0 saturated heterocycles. The Bertz CT molecular complexity index is 481. The Balaban J connectivity index is 4.50.